The van der Waals surface area contributed by atoms with Gasteiger partial charge in [-0.15, -0.1) is 0 Å². The van der Waals surface area contributed by atoms with Gasteiger partial charge in [-0.05, 0) is 52.1 Å². The van der Waals surface area contributed by atoms with E-state index in [-0.39, 0.29) is 30.3 Å². The lowest BCUT2D eigenvalue weighted by molar-refractivity contribution is -0.265. The third kappa shape index (κ3) is 9.05. The normalized spacial score (nSPS) is 20.2. The lowest BCUT2D eigenvalue weighted by Gasteiger charge is -2.43. The summed E-state index contributed by atoms with van der Waals surface area (Å²) in [5.41, 5.74) is 13.9. The molecule has 0 radical (unpaired) electrons. The molecule has 0 bridgehead atoms. The van der Waals surface area contributed by atoms with Crippen LogP contribution >= 0.6 is 0 Å². The molecule has 1 heterocycles. The third-order valence-electron chi connectivity index (χ3n) is 9.18. The average molecular weight is 763 g/mol. The monoisotopic (exact) mass is 762 g/mol. The smallest absolute Gasteiger partial charge is 0.407 e. The number of rotatable bonds is 15. The molecule has 6 rings (SSSR count). The van der Waals surface area contributed by atoms with Gasteiger partial charge in [0, 0.05) is 10.8 Å². The molecule has 2 N–H and O–H groups in total. The highest BCUT2D eigenvalue weighted by atomic mass is 16.7. The molecule has 2 aliphatic rings. The number of hydrogen-bond donors (Lipinski definition) is 2. The molecule has 15 nitrogen and oxygen atoms in total. The summed E-state index contributed by atoms with van der Waals surface area (Å²) in [6.07, 6.45) is -5.68. The van der Waals surface area contributed by atoms with Gasteiger partial charge in [-0.3, -0.25) is 0 Å². The molecule has 15 heteroatoms. The van der Waals surface area contributed by atoms with Crippen molar-refractivity contribution in [3.63, 3.8) is 0 Å². The minimum absolute atomic E-state index is 0.0461. The maximum absolute atomic E-state index is 13.4. The first kappa shape index (κ1) is 39.2. The number of aliphatic hydroxyl groups is 1. The number of alkyl carbamates (subject to hydrolysis) is 1. The predicted molar refractivity (Wildman–Crippen MR) is 199 cm³/mol. The van der Waals surface area contributed by atoms with Gasteiger partial charge in [0.15, 0.2) is 24.5 Å². The van der Waals surface area contributed by atoms with Gasteiger partial charge in [0.05, 0.1) is 24.3 Å². The number of fused-ring (bicyclic) bond motifs is 3. The lowest BCUT2D eigenvalue weighted by atomic mass is 9.96. The van der Waals surface area contributed by atoms with E-state index in [0.717, 1.165) is 22.3 Å². The Morgan fingerprint density at radius 3 is 1.93 bits per heavy atom. The minimum atomic E-state index is -1.61. The summed E-state index contributed by atoms with van der Waals surface area (Å²) in [6, 6.07) is 28.4. The lowest BCUT2D eigenvalue weighted by Crippen LogP contribution is -2.61. The van der Waals surface area contributed by atoms with E-state index >= 15 is 0 Å². The van der Waals surface area contributed by atoms with Crippen molar-refractivity contribution < 1.29 is 52.7 Å². The summed E-state index contributed by atoms with van der Waals surface area (Å²) in [7, 11) is 0. The standard InChI is InChI=1S/C41H38N4O11/c1-2-21-51-39(49)32(43-41(50)53-23-31-29-19-11-9-17-27(29)28-18-10-12-20-30(28)31)24-52-40-34(44-45-42)36(56-38(48)26-15-7-4-8-16-26)35(33(22-46)54-40)55-37(47)25-13-5-3-6-14-25/h2-20,31-36,40,46H,1,21-24H2,(H,43,50)/t32-,33+,34+,35-,36+,40-/m0/s1. The van der Waals surface area contributed by atoms with Crippen LogP contribution in [-0.2, 0) is 33.2 Å². The van der Waals surface area contributed by atoms with Crippen molar-refractivity contribution in [2.45, 2.75) is 42.6 Å². The van der Waals surface area contributed by atoms with E-state index < -0.39 is 73.9 Å². The van der Waals surface area contributed by atoms with E-state index in [1.807, 2.05) is 48.5 Å². The zero-order valence-corrected chi connectivity index (χ0v) is 29.9. The van der Waals surface area contributed by atoms with Crippen LogP contribution in [0.2, 0.25) is 0 Å². The Morgan fingerprint density at radius 1 is 0.821 bits per heavy atom. The van der Waals surface area contributed by atoms with Crippen LogP contribution in [-0.4, -0.2) is 92.2 Å². The van der Waals surface area contributed by atoms with E-state index in [9.17, 15) is 29.8 Å². The molecule has 0 spiro atoms. The van der Waals surface area contributed by atoms with Crippen LogP contribution in [0.1, 0.15) is 37.8 Å². The first-order valence-electron chi connectivity index (χ1n) is 17.7. The second-order valence-electron chi connectivity index (χ2n) is 12.7. The molecular formula is C41H38N4O11. The highest BCUT2D eigenvalue weighted by Crippen LogP contribution is 2.44. The van der Waals surface area contributed by atoms with Crippen LogP contribution < -0.4 is 5.32 Å². The number of carbonyl (C=O) groups excluding carboxylic acids is 4. The fraction of sp³-hybridized carbons (Fsp3) is 0.268. The Balaban J connectivity index is 1.21. The van der Waals surface area contributed by atoms with Crippen molar-refractivity contribution in [3.8, 4) is 11.1 Å². The minimum Gasteiger partial charge on any atom is -0.460 e. The maximum atomic E-state index is 13.4. The molecule has 288 valence electrons. The van der Waals surface area contributed by atoms with Gasteiger partial charge in [0.1, 0.15) is 25.4 Å². The van der Waals surface area contributed by atoms with Crippen LogP contribution in [0.25, 0.3) is 21.6 Å². The van der Waals surface area contributed by atoms with Gasteiger partial charge in [-0.25, -0.2) is 19.2 Å². The Bertz CT molecular complexity index is 2030. The van der Waals surface area contributed by atoms with E-state index in [4.69, 9.17) is 28.4 Å². The Kier molecular flexibility index (Phi) is 13.1. The third-order valence-corrected chi connectivity index (χ3v) is 9.18. The summed E-state index contributed by atoms with van der Waals surface area (Å²) >= 11 is 0. The Hall–Kier alpha value is -6.51. The van der Waals surface area contributed by atoms with E-state index in [2.05, 4.69) is 21.9 Å². The van der Waals surface area contributed by atoms with Crippen LogP contribution in [0.3, 0.4) is 0 Å². The largest absolute Gasteiger partial charge is 0.460 e. The fourth-order valence-corrected chi connectivity index (χ4v) is 6.55. The highest BCUT2D eigenvalue weighted by molar-refractivity contribution is 5.90. The number of carbonyl (C=O) groups is 4. The van der Waals surface area contributed by atoms with Crippen LogP contribution in [0, 0.1) is 0 Å². The van der Waals surface area contributed by atoms with Crippen LogP contribution in [0.4, 0.5) is 4.79 Å². The molecule has 0 unspecified atom stereocenters. The number of azide groups is 1. The van der Waals surface area contributed by atoms with Gasteiger partial charge in [0.25, 0.3) is 0 Å². The SMILES string of the molecule is C=CCOC(=O)[C@H](CO[C@H]1O[C@H](CO)[C@H](OC(=O)c2ccccc2)[C@H](OC(=O)c2ccccc2)[C@H]1N=[N+]=[N-])NC(=O)OCC1c2ccccc2-c2ccccc21. The van der Waals surface area contributed by atoms with Gasteiger partial charge >= 0.3 is 24.0 Å². The number of benzene rings is 4. The van der Waals surface area contributed by atoms with E-state index in [1.165, 1.54) is 30.3 Å². The molecule has 1 amide bonds. The van der Waals surface area contributed by atoms with Crippen molar-refractivity contribution in [2.75, 3.05) is 26.4 Å². The first-order chi connectivity index (χ1) is 27.3. The number of amides is 1. The van der Waals surface area contributed by atoms with Crippen LogP contribution in [0.15, 0.2) is 127 Å². The Morgan fingerprint density at radius 2 is 1.38 bits per heavy atom. The zero-order valence-electron chi connectivity index (χ0n) is 29.9. The molecule has 1 aliphatic heterocycles. The second-order valence-corrected chi connectivity index (χ2v) is 12.7. The van der Waals surface area contributed by atoms with Crippen molar-refractivity contribution in [1.82, 2.24) is 5.32 Å². The summed E-state index contributed by atoms with van der Waals surface area (Å²) in [5.74, 6) is -2.88. The second kappa shape index (κ2) is 18.7. The number of ether oxygens (including phenoxy) is 6. The maximum Gasteiger partial charge on any atom is 0.407 e. The molecule has 1 saturated heterocycles. The molecule has 4 aromatic rings. The van der Waals surface area contributed by atoms with Crippen LogP contribution in [0.5, 0.6) is 0 Å². The molecule has 4 aromatic carbocycles. The van der Waals surface area contributed by atoms with Crippen molar-refractivity contribution in [1.29, 1.82) is 0 Å². The average Bonchev–Trinajstić information content (AvgIpc) is 3.56. The molecule has 1 aliphatic carbocycles. The summed E-state index contributed by atoms with van der Waals surface area (Å²) in [6.45, 7) is 1.91. The van der Waals surface area contributed by atoms with E-state index in [1.54, 1.807) is 36.4 Å². The first-order valence-corrected chi connectivity index (χ1v) is 17.7. The summed E-state index contributed by atoms with van der Waals surface area (Å²) < 4.78 is 34.3. The number of aliphatic hydroxyl groups excluding tert-OH is 1. The van der Waals surface area contributed by atoms with Crippen molar-refractivity contribution in [2.24, 2.45) is 5.11 Å². The van der Waals surface area contributed by atoms with Crippen molar-refractivity contribution >= 4 is 24.0 Å². The molecule has 6 atom stereocenters. The molecule has 1 fully saturated rings. The molecule has 0 saturated carbocycles. The quantitative estimate of drug-likeness (QED) is 0.0387. The number of hydrogen-bond acceptors (Lipinski definition) is 12. The number of esters is 3. The molecule has 0 aromatic heterocycles. The van der Waals surface area contributed by atoms with Crippen molar-refractivity contribution in [3.05, 3.63) is 155 Å². The Labute approximate surface area is 321 Å². The molecule has 56 heavy (non-hydrogen) atoms. The number of nitrogens with zero attached hydrogens (tertiary/aromatic N) is 3. The van der Waals surface area contributed by atoms with Gasteiger partial charge in [-0.2, -0.15) is 0 Å². The topological polar surface area (TPSA) is 205 Å². The predicted octanol–water partition coefficient (Wildman–Crippen LogP) is 5.49. The fourth-order valence-electron chi connectivity index (χ4n) is 6.55. The summed E-state index contributed by atoms with van der Waals surface area (Å²) in [5, 5.41) is 16.7. The van der Waals surface area contributed by atoms with Gasteiger partial charge in [-0.1, -0.05) is 103 Å². The van der Waals surface area contributed by atoms with E-state index in [0.29, 0.717) is 0 Å². The molecular weight excluding hydrogens is 724 g/mol. The number of nitrogens with one attached hydrogen (secondary N) is 1. The van der Waals surface area contributed by atoms with Gasteiger partial charge in [0.2, 0.25) is 0 Å². The summed E-state index contributed by atoms with van der Waals surface area (Å²) in [4.78, 5) is 55.9. The van der Waals surface area contributed by atoms with Gasteiger partial charge < -0.3 is 38.8 Å². The zero-order chi connectivity index (χ0) is 39.4. The highest BCUT2D eigenvalue weighted by Gasteiger charge is 2.51.